The van der Waals surface area contributed by atoms with E-state index in [0.717, 1.165) is 38.3 Å². The van der Waals surface area contributed by atoms with Crippen LogP contribution in [0.4, 0.5) is 0 Å². The molecule has 0 aliphatic heterocycles. The topological polar surface area (TPSA) is 42.9 Å². The minimum Gasteiger partial charge on any atom is -0.296 e. The maximum atomic E-state index is 10.8. The Morgan fingerprint density at radius 2 is 1.72 bits per heavy atom. The van der Waals surface area contributed by atoms with Gasteiger partial charge in [0.05, 0.1) is 15.5 Å². The molecule has 1 aromatic carbocycles. The van der Waals surface area contributed by atoms with Crippen LogP contribution in [0.5, 0.6) is 0 Å². The molecule has 3 rings (SSSR count). The third-order valence-corrected chi connectivity index (χ3v) is 3.61. The van der Waals surface area contributed by atoms with Gasteiger partial charge in [0.2, 0.25) is 0 Å². The molecule has 0 saturated carbocycles. The largest absolute Gasteiger partial charge is 0.296 e. The molecule has 2 aromatic heterocycles. The van der Waals surface area contributed by atoms with E-state index in [4.69, 9.17) is 0 Å². The molecule has 0 spiro atoms. The zero-order valence-corrected chi connectivity index (χ0v) is 11.2. The Balaban J connectivity index is 2.49. The van der Waals surface area contributed by atoms with Gasteiger partial charge in [-0.25, -0.2) is 4.98 Å². The highest BCUT2D eigenvalue weighted by molar-refractivity contribution is 9.10. The normalized spacial score (nSPS) is 11.0. The molecular formula is C14H9BrN2O. The summed E-state index contributed by atoms with van der Waals surface area (Å²) in [7, 11) is 0. The molecule has 0 saturated heterocycles. The van der Waals surface area contributed by atoms with Crippen LogP contribution in [-0.4, -0.2) is 16.3 Å². The summed E-state index contributed by atoms with van der Waals surface area (Å²) in [6.45, 7) is 1.95. The van der Waals surface area contributed by atoms with E-state index >= 15 is 0 Å². The second kappa shape index (κ2) is 4.14. The number of pyridine rings is 2. The highest BCUT2D eigenvalue weighted by Gasteiger charge is 2.08. The third kappa shape index (κ3) is 1.69. The maximum absolute atomic E-state index is 10.8. The fraction of sp³-hybridized carbons (Fsp3) is 0.0714. The Hall–Kier alpha value is -1.81. The Kier molecular flexibility index (Phi) is 2.59. The number of carbonyl (C=O) groups is 1. The molecule has 0 unspecified atom stereocenters. The van der Waals surface area contributed by atoms with Crippen molar-refractivity contribution < 1.29 is 4.79 Å². The highest BCUT2D eigenvalue weighted by Crippen LogP contribution is 2.30. The van der Waals surface area contributed by atoms with Crippen molar-refractivity contribution >= 4 is 44.0 Å². The van der Waals surface area contributed by atoms with E-state index < -0.39 is 0 Å². The molecule has 4 heteroatoms. The summed E-state index contributed by atoms with van der Waals surface area (Å²) in [6.07, 6.45) is 0.750. The summed E-state index contributed by atoms with van der Waals surface area (Å²) in [5, 5.41) is 2.05. The molecule has 0 radical (unpaired) electrons. The number of rotatable bonds is 1. The van der Waals surface area contributed by atoms with Gasteiger partial charge in [-0.15, -0.1) is 0 Å². The van der Waals surface area contributed by atoms with Gasteiger partial charge in [0, 0.05) is 16.5 Å². The Morgan fingerprint density at radius 3 is 2.44 bits per heavy atom. The van der Waals surface area contributed by atoms with E-state index in [-0.39, 0.29) is 0 Å². The molecule has 0 amide bonds. The van der Waals surface area contributed by atoms with Gasteiger partial charge >= 0.3 is 0 Å². The first kappa shape index (κ1) is 11.3. The van der Waals surface area contributed by atoms with Crippen LogP contribution >= 0.6 is 15.9 Å². The smallest absolute Gasteiger partial charge is 0.168 e. The van der Waals surface area contributed by atoms with Crippen LogP contribution in [0.15, 0.2) is 34.8 Å². The Labute approximate surface area is 112 Å². The number of aldehydes is 1. The van der Waals surface area contributed by atoms with Crippen LogP contribution in [0, 0.1) is 6.92 Å². The van der Waals surface area contributed by atoms with Gasteiger partial charge in [-0.05, 0) is 41.1 Å². The van der Waals surface area contributed by atoms with Crippen LogP contribution in [0.3, 0.4) is 0 Å². The van der Waals surface area contributed by atoms with E-state index in [1.807, 2.05) is 31.2 Å². The van der Waals surface area contributed by atoms with Gasteiger partial charge < -0.3 is 0 Å². The van der Waals surface area contributed by atoms with Crippen molar-refractivity contribution in [3.63, 3.8) is 0 Å². The van der Waals surface area contributed by atoms with Crippen LogP contribution in [0.25, 0.3) is 21.8 Å². The summed E-state index contributed by atoms with van der Waals surface area (Å²) in [5.41, 5.74) is 3.02. The lowest BCUT2D eigenvalue weighted by Crippen LogP contribution is -1.91. The molecular weight excluding hydrogens is 292 g/mol. The average Bonchev–Trinajstić information content (AvgIpc) is 2.40. The Morgan fingerprint density at radius 1 is 1.06 bits per heavy atom. The number of hydrogen-bond acceptors (Lipinski definition) is 3. The van der Waals surface area contributed by atoms with E-state index in [0.29, 0.717) is 5.69 Å². The molecule has 3 aromatic rings. The van der Waals surface area contributed by atoms with Gasteiger partial charge in [-0.2, -0.15) is 0 Å². The lowest BCUT2D eigenvalue weighted by molar-refractivity contribution is 0.111. The molecule has 0 atom stereocenters. The first-order chi connectivity index (χ1) is 8.69. The zero-order valence-electron chi connectivity index (χ0n) is 9.64. The van der Waals surface area contributed by atoms with Crippen molar-refractivity contribution in [1.82, 2.24) is 9.97 Å². The van der Waals surface area contributed by atoms with Crippen LogP contribution in [0.2, 0.25) is 0 Å². The third-order valence-electron chi connectivity index (χ3n) is 2.86. The molecule has 0 fully saturated rings. The fourth-order valence-corrected chi connectivity index (χ4v) is 2.62. The summed E-state index contributed by atoms with van der Waals surface area (Å²) in [6, 6.07) is 9.66. The van der Waals surface area contributed by atoms with E-state index in [2.05, 4.69) is 25.9 Å². The van der Waals surface area contributed by atoms with Crippen LogP contribution < -0.4 is 0 Å². The zero-order chi connectivity index (χ0) is 12.7. The quantitative estimate of drug-likeness (QED) is 0.509. The molecule has 0 N–H and O–H groups in total. The predicted molar refractivity (Wildman–Crippen MR) is 74.9 cm³/mol. The monoisotopic (exact) mass is 300 g/mol. The van der Waals surface area contributed by atoms with E-state index in [1.165, 1.54) is 0 Å². The molecule has 0 aliphatic rings. The molecule has 3 nitrogen and oxygen atoms in total. The van der Waals surface area contributed by atoms with Crippen molar-refractivity contribution in [3.05, 3.63) is 46.2 Å². The van der Waals surface area contributed by atoms with Gasteiger partial charge in [-0.1, -0.05) is 12.1 Å². The SMILES string of the molecule is Cc1ccc2cc3ccc(C=O)nc3c(Br)c2n1. The summed E-state index contributed by atoms with van der Waals surface area (Å²) in [4.78, 5) is 19.6. The lowest BCUT2D eigenvalue weighted by Gasteiger charge is -2.06. The van der Waals surface area contributed by atoms with Crippen molar-refractivity contribution in [2.75, 3.05) is 0 Å². The number of fused-ring (bicyclic) bond motifs is 2. The van der Waals surface area contributed by atoms with Crippen molar-refractivity contribution in [3.8, 4) is 0 Å². The van der Waals surface area contributed by atoms with Crippen LogP contribution in [0.1, 0.15) is 16.2 Å². The van der Waals surface area contributed by atoms with Crippen LogP contribution in [-0.2, 0) is 0 Å². The van der Waals surface area contributed by atoms with Crippen molar-refractivity contribution in [2.24, 2.45) is 0 Å². The number of benzene rings is 1. The standard InChI is InChI=1S/C14H9BrN2O/c1-8-2-3-9-6-10-4-5-11(7-18)17-14(10)12(15)13(9)16-8/h2-7H,1H3. The van der Waals surface area contributed by atoms with Gasteiger partial charge in [0.1, 0.15) is 5.69 Å². The highest BCUT2D eigenvalue weighted by atomic mass is 79.9. The second-order valence-corrected chi connectivity index (χ2v) is 4.93. The summed E-state index contributed by atoms with van der Waals surface area (Å²) >= 11 is 3.54. The van der Waals surface area contributed by atoms with E-state index in [1.54, 1.807) is 6.07 Å². The predicted octanol–water partition coefficient (Wildman–Crippen LogP) is 3.67. The molecule has 0 aliphatic carbocycles. The minimum absolute atomic E-state index is 0.426. The first-order valence-corrected chi connectivity index (χ1v) is 6.30. The molecule has 0 bridgehead atoms. The second-order valence-electron chi connectivity index (χ2n) is 4.14. The number of carbonyl (C=O) groups excluding carboxylic acids is 1. The number of halogens is 1. The lowest BCUT2D eigenvalue weighted by atomic mass is 10.1. The number of aryl methyl sites for hydroxylation is 1. The number of hydrogen-bond donors (Lipinski definition) is 0. The molecule has 18 heavy (non-hydrogen) atoms. The van der Waals surface area contributed by atoms with Crippen molar-refractivity contribution in [1.29, 1.82) is 0 Å². The van der Waals surface area contributed by atoms with Gasteiger partial charge in [0.15, 0.2) is 6.29 Å². The van der Waals surface area contributed by atoms with Gasteiger partial charge in [0.25, 0.3) is 0 Å². The van der Waals surface area contributed by atoms with E-state index in [9.17, 15) is 4.79 Å². The van der Waals surface area contributed by atoms with Gasteiger partial charge in [-0.3, -0.25) is 9.78 Å². The maximum Gasteiger partial charge on any atom is 0.168 e. The minimum atomic E-state index is 0.426. The number of aromatic nitrogens is 2. The fourth-order valence-electron chi connectivity index (χ4n) is 1.98. The Bertz CT molecular complexity index is 783. The van der Waals surface area contributed by atoms with Crippen molar-refractivity contribution in [2.45, 2.75) is 6.92 Å². The molecule has 2 heterocycles. The summed E-state index contributed by atoms with van der Waals surface area (Å²) in [5.74, 6) is 0. The average molecular weight is 301 g/mol. The first-order valence-electron chi connectivity index (χ1n) is 5.51. The molecule has 88 valence electrons. The summed E-state index contributed by atoms with van der Waals surface area (Å²) < 4.78 is 0.836. The number of nitrogens with zero attached hydrogens (tertiary/aromatic N) is 2.